The van der Waals surface area contributed by atoms with Crippen LogP contribution >= 0.6 is 11.3 Å². The Hall–Kier alpha value is -1.75. The molecule has 1 aromatic heterocycles. The summed E-state index contributed by atoms with van der Waals surface area (Å²) in [6.07, 6.45) is 0.0219. The summed E-state index contributed by atoms with van der Waals surface area (Å²) in [6.45, 7) is 0. The smallest absolute Gasteiger partial charge is 0.180 e. The van der Waals surface area contributed by atoms with Gasteiger partial charge in [0, 0.05) is 6.42 Å². The Balaban J connectivity index is 2.19. The molecule has 18 heavy (non-hydrogen) atoms. The molecule has 0 aliphatic heterocycles. The molecule has 0 amide bonds. The van der Waals surface area contributed by atoms with Crippen molar-refractivity contribution in [3.8, 4) is 5.75 Å². The van der Waals surface area contributed by atoms with Gasteiger partial charge in [-0.25, -0.2) is 8.78 Å². The number of thiophene rings is 1. The Morgan fingerprint density at radius 2 is 2.06 bits per heavy atom. The first-order valence-corrected chi connectivity index (χ1v) is 6.08. The summed E-state index contributed by atoms with van der Waals surface area (Å²) in [7, 11) is 1.48. The molecule has 0 bridgehead atoms. The minimum atomic E-state index is -0.946. The van der Waals surface area contributed by atoms with Gasteiger partial charge in [0.05, 0.1) is 7.11 Å². The van der Waals surface area contributed by atoms with E-state index in [1.807, 2.05) is 0 Å². The number of ketones is 1. The highest BCUT2D eigenvalue weighted by Crippen LogP contribution is 2.26. The molecular formula is C13H10F2O2S. The van der Waals surface area contributed by atoms with Crippen LogP contribution in [0.3, 0.4) is 0 Å². The second-order valence-electron chi connectivity index (χ2n) is 3.67. The molecule has 2 rings (SSSR count). The number of hydrogen-bond acceptors (Lipinski definition) is 3. The van der Waals surface area contributed by atoms with Gasteiger partial charge in [-0.1, -0.05) is 6.07 Å². The molecule has 0 atom stereocenters. The fourth-order valence-corrected chi connectivity index (χ4v) is 2.38. The average molecular weight is 268 g/mol. The highest BCUT2D eigenvalue weighted by molar-refractivity contribution is 7.12. The molecule has 0 radical (unpaired) electrons. The summed E-state index contributed by atoms with van der Waals surface area (Å²) < 4.78 is 30.8. The van der Waals surface area contributed by atoms with E-state index >= 15 is 0 Å². The second kappa shape index (κ2) is 5.27. The molecule has 0 N–H and O–H groups in total. The number of Topliss-reactive ketones (excluding diaryl/α,β-unsaturated/α-hetero) is 1. The van der Waals surface area contributed by atoms with Gasteiger partial charge in [0.25, 0.3) is 0 Å². The van der Waals surface area contributed by atoms with E-state index in [4.69, 9.17) is 4.74 Å². The Labute approximate surface area is 107 Å². The van der Waals surface area contributed by atoms with E-state index in [-0.39, 0.29) is 12.2 Å². The molecule has 0 unspecified atom stereocenters. The van der Waals surface area contributed by atoms with E-state index in [1.165, 1.54) is 24.5 Å². The monoisotopic (exact) mass is 268 g/mol. The van der Waals surface area contributed by atoms with E-state index in [9.17, 15) is 13.6 Å². The topological polar surface area (TPSA) is 26.3 Å². The molecule has 5 heteroatoms. The molecule has 0 saturated heterocycles. The third kappa shape index (κ3) is 2.56. The lowest BCUT2D eigenvalue weighted by molar-refractivity contribution is 0.0994. The van der Waals surface area contributed by atoms with Crippen LogP contribution in [0.2, 0.25) is 0 Å². The van der Waals surface area contributed by atoms with E-state index in [1.54, 1.807) is 11.4 Å². The quantitative estimate of drug-likeness (QED) is 0.794. The van der Waals surface area contributed by atoms with Gasteiger partial charge in [0.2, 0.25) is 0 Å². The Kier molecular flexibility index (Phi) is 3.72. The zero-order valence-corrected chi connectivity index (χ0v) is 10.4. The second-order valence-corrected chi connectivity index (χ2v) is 4.58. The van der Waals surface area contributed by atoms with Crippen LogP contribution in [-0.2, 0) is 6.42 Å². The molecule has 94 valence electrons. The third-order valence-corrected chi connectivity index (χ3v) is 3.39. The van der Waals surface area contributed by atoms with Gasteiger partial charge in [-0.15, -0.1) is 11.3 Å². The van der Waals surface area contributed by atoms with Crippen LogP contribution in [0.25, 0.3) is 0 Å². The van der Waals surface area contributed by atoms with E-state index in [0.717, 1.165) is 12.1 Å². The minimum Gasteiger partial charge on any atom is -0.495 e. The standard InChI is InChI=1S/C13H10F2O2S/c1-17-12-4-5-18-13(12)11(16)7-8-2-3-9(14)10(15)6-8/h2-6H,7H2,1H3. The Bertz CT molecular complexity index is 578. The predicted octanol–water partition coefficient (Wildman–Crippen LogP) is 3.46. The summed E-state index contributed by atoms with van der Waals surface area (Å²) in [5.41, 5.74) is 0.439. The molecule has 2 nitrogen and oxygen atoms in total. The maximum absolute atomic E-state index is 13.0. The van der Waals surface area contributed by atoms with E-state index in [0.29, 0.717) is 16.2 Å². The highest BCUT2D eigenvalue weighted by atomic mass is 32.1. The number of carbonyl (C=O) groups is 1. The van der Waals surface area contributed by atoms with Crippen LogP contribution in [0, 0.1) is 11.6 Å². The third-order valence-electron chi connectivity index (χ3n) is 2.45. The van der Waals surface area contributed by atoms with Crippen LogP contribution in [0.15, 0.2) is 29.6 Å². The fraction of sp³-hybridized carbons (Fsp3) is 0.154. The number of hydrogen-bond donors (Lipinski definition) is 0. The Morgan fingerprint density at radius 1 is 1.28 bits per heavy atom. The maximum Gasteiger partial charge on any atom is 0.180 e. The molecule has 1 heterocycles. The number of benzene rings is 1. The van der Waals surface area contributed by atoms with Crippen molar-refractivity contribution < 1.29 is 18.3 Å². The Morgan fingerprint density at radius 3 is 2.72 bits per heavy atom. The van der Waals surface area contributed by atoms with E-state index in [2.05, 4.69) is 0 Å². The average Bonchev–Trinajstić information content (AvgIpc) is 2.82. The lowest BCUT2D eigenvalue weighted by Gasteiger charge is -2.03. The van der Waals surface area contributed by atoms with Gasteiger partial charge >= 0.3 is 0 Å². The van der Waals surface area contributed by atoms with Gasteiger partial charge in [-0.05, 0) is 29.1 Å². The molecule has 0 fully saturated rings. The first-order chi connectivity index (χ1) is 8.61. The number of carbonyl (C=O) groups excluding carboxylic acids is 1. The van der Waals surface area contributed by atoms with Crippen molar-refractivity contribution >= 4 is 17.1 Å². The van der Waals surface area contributed by atoms with Gasteiger partial charge < -0.3 is 4.74 Å². The summed E-state index contributed by atoms with van der Waals surface area (Å²) >= 11 is 1.27. The van der Waals surface area contributed by atoms with Gasteiger partial charge in [0.1, 0.15) is 10.6 Å². The van der Waals surface area contributed by atoms with Crippen LogP contribution < -0.4 is 4.74 Å². The number of rotatable bonds is 4. The van der Waals surface area contributed by atoms with Crippen molar-refractivity contribution in [2.45, 2.75) is 6.42 Å². The van der Waals surface area contributed by atoms with Crippen LogP contribution in [0.1, 0.15) is 15.2 Å². The molecule has 0 aliphatic carbocycles. The number of methoxy groups -OCH3 is 1. The molecular weight excluding hydrogens is 258 g/mol. The van der Waals surface area contributed by atoms with E-state index < -0.39 is 11.6 Å². The van der Waals surface area contributed by atoms with Crippen LogP contribution in [0.4, 0.5) is 8.78 Å². The largest absolute Gasteiger partial charge is 0.495 e. The SMILES string of the molecule is COc1ccsc1C(=O)Cc1ccc(F)c(F)c1. The number of ether oxygens (including phenoxy) is 1. The molecule has 0 aliphatic rings. The van der Waals surface area contributed by atoms with Crippen LogP contribution in [-0.4, -0.2) is 12.9 Å². The molecule has 0 saturated carbocycles. The van der Waals surface area contributed by atoms with Crippen molar-refractivity contribution in [1.29, 1.82) is 0 Å². The first kappa shape index (κ1) is 12.7. The van der Waals surface area contributed by atoms with Gasteiger partial charge in [-0.2, -0.15) is 0 Å². The lowest BCUT2D eigenvalue weighted by Crippen LogP contribution is -2.03. The summed E-state index contributed by atoms with van der Waals surface area (Å²) in [6, 6.07) is 5.15. The van der Waals surface area contributed by atoms with Crippen molar-refractivity contribution in [1.82, 2.24) is 0 Å². The lowest BCUT2D eigenvalue weighted by atomic mass is 10.1. The normalized spacial score (nSPS) is 10.4. The van der Waals surface area contributed by atoms with Crippen LogP contribution in [0.5, 0.6) is 5.75 Å². The number of halogens is 2. The summed E-state index contributed by atoms with van der Waals surface area (Å²) in [4.78, 5) is 12.5. The van der Waals surface area contributed by atoms with Gasteiger partial charge in [0.15, 0.2) is 17.4 Å². The summed E-state index contributed by atoms with van der Waals surface area (Å²) in [5, 5.41) is 1.75. The summed E-state index contributed by atoms with van der Waals surface area (Å²) in [5.74, 6) is -1.53. The van der Waals surface area contributed by atoms with Crippen molar-refractivity contribution in [3.63, 3.8) is 0 Å². The van der Waals surface area contributed by atoms with Crippen molar-refractivity contribution in [2.24, 2.45) is 0 Å². The first-order valence-electron chi connectivity index (χ1n) is 5.20. The zero-order chi connectivity index (χ0) is 13.1. The maximum atomic E-state index is 13.0. The fourth-order valence-electron chi connectivity index (χ4n) is 1.58. The minimum absolute atomic E-state index is 0.0219. The molecule has 0 spiro atoms. The molecule has 2 aromatic rings. The van der Waals surface area contributed by atoms with Crippen molar-refractivity contribution in [2.75, 3.05) is 7.11 Å². The predicted molar refractivity (Wildman–Crippen MR) is 65.3 cm³/mol. The zero-order valence-electron chi connectivity index (χ0n) is 9.57. The molecule has 1 aromatic carbocycles. The highest BCUT2D eigenvalue weighted by Gasteiger charge is 2.15. The van der Waals surface area contributed by atoms with Gasteiger partial charge in [-0.3, -0.25) is 4.79 Å². The van der Waals surface area contributed by atoms with Crippen molar-refractivity contribution in [3.05, 3.63) is 51.7 Å².